The second kappa shape index (κ2) is 7.56. The number of piperazine rings is 1. The monoisotopic (exact) mass is 435 g/mol. The van der Waals surface area contributed by atoms with Crippen molar-refractivity contribution in [2.45, 2.75) is 18.4 Å². The van der Waals surface area contributed by atoms with Crippen LogP contribution in [0.1, 0.15) is 23.2 Å². The first-order chi connectivity index (χ1) is 15.4. The highest BCUT2D eigenvalue weighted by Gasteiger charge is 2.50. The van der Waals surface area contributed by atoms with Crippen LogP contribution in [0.25, 0.3) is 22.0 Å². The van der Waals surface area contributed by atoms with Crippen molar-refractivity contribution in [3.63, 3.8) is 0 Å². The minimum atomic E-state index is -1.22. The number of hydrogen-bond donors (Lipinski definition) is 2. The predicted molar refractivity (Wildman–Crippen MR) is 115 cm³/mol. The van der Waals surface area contributed by atoms with Gasteiger partial charge < -0.3 is 20.0 Å². The second-order valence-corrected chi connectivity index (χ2v) is 8.36. The lowest BCUT2D eigenvalue weighted by molar-refractivity contribution is -0.143. The van der Waals surface area contributed by atoms with Gasteiger partial charge in [0.2, 0.25) is 5.88 Å². The number of carbonyl (C=O) groups excluding carboxylic acids is 2. The summed E-state index contributed by atoms with van der Waals surface area (Å²) < 4.78 is 14.9. The van der Waals surface area contributed by atoms with Gasteiger partial charge in [-0.25, -0.2) is 9.37 Å². The molecule has 7 nitrogen and oxygen atoms in total. The molecule has 2 N–H and O–H groups in total. The zero-order valence-corrected chi connectivity index (χ0v) is 17.3. The summed E-state index contributed by atoms with van der Waals surface area (Å²) in [4.78, 5) is 32.4. The number of halogens is 1. The smallest absolute Gasteiger partial charge is 0.256 e. The molecule has 1 saturated heterocycles. The number of pyridine rings is 1. The molecule has 1 saturated carbocycles. The van der Waals surface area contributed by atoms with Crippen molar-refractivity contribution in [1.82, 2.24) is 14.8 Å². The number of nitrogens with zero attached hydrogens (tertiary/aromatic N) is 3. The summed E-state index contributed by atoms with van der Waals surface area (Å²) in [5.41, 5.74) is 0.141. The molecule has 5 rings (SSSR count). The SMILES string of the molecule is O=C(c1ccc(-c2cc3ccccc3nc2O)cc1F)N1CCN(C(=O)C2(O)CC2)CC1. The van der Waals surface area contributed by atoms with Crippen LogP contribution in [0.2, 0.25) is 0 Å². The highest BCUT2D eigenvalue weighted by molar-refractivity contribution is 5.96. The van der Waals surface area contributed by atoms with Gasteiger partial charge in [-0.3, -0.25) is 9.59 Å². The van der Waals surface area contributed by atoms with E-state index in [0.29, 0.717) is 42.6 Å². The molecule has 32 heavy (non-hydrogen) atoms. The van der Waals surface area contributed by atoms with E-state index in [2.05, 4.69) is 4.98 Å². The van der Waals surface area contributed by atoms with Crippen LogP contribution in [-0.4, -0.2) is 68.6 Å². The zero-order chi connectivity index (χ0) is 22.5. The predicted octanol–water partition coefficient (Wildman–Crippen LogP) is 2.56. The van der Waals surface area contributed by atoms with Crippen LogP contribution in [-0.2, 0) is 4.79 Å². The Hall–Kier alpha value is -3.52. The third-order valence-corrected chi connectivity index (χ3v) is 6.19. The van der Waals surface area contributed by atoms with E-state index in [1.54, 1.807) is 23.1 Å². The number of amides is 2. The van der Waals surface area contributed by atoms with Crippen LogP contribution in [0.15, 0.2) is 48.5 Å². The molecule has 2 amide bonds. The average molecular weight is 435 g/mol. The fourth-order valence-electron chi connectivity index (χ4n) is 4.08. The Morgan fingerprint density at radius 3 is 2.34 bits per heavy atom. The second-order valence-electron chi connectivity index (χ2n) is 8.36. The summed E-state index contributed by atoms with van der Waals surface area (Å²) in [6, 6.07) is 13.3. The minimum absolute atomic E-state index is 0.0670. The molecule has 3 aromatic rings. The van der Waals surface area contributed by atoms with Crippen molar-refractivity contribution in [3.05, 3.63) is 59.9 Å². The fraction of sp³-hybridized carbons (Fsp3) is 0.292. The van der Waals surface area contributed by atoms with Gasteiger partial charge in [0, 0.05) is 37.1 Å². The molecule has 0 spiro atoms. The Kier molecular flexibility index (Phi) is 4.82. The summed E-state index contributed by atoms with van der Waals surface area (Å²) in [5, 5.41) is 21.1. The molecule has 2 heterocycles. The van der Waals surface area contributed by atoms with E-state index < -0.39 is 17.3 Å². The molecule has 0 bridgehead atoms. The first kappa shape index (κ1) is 20.4. The van der Waals surface area contributed by atoms with Crippen molar-refractivity contribution < 1.29 is 24.2 Å². The molecule has 164 valence electrons. The molecule has 1 aliphatic heterocycles. The molecule has 2 aromatic carbocycles. The van der Waals surface area contributed by atoms with Crippen LogP contribution in [0.5, 0.6) is 5.88 Å². The standard InChI is InChI=1S/C24H22FN3O4/c25-19-14-15(18-13-16-3-1-2-4-20(16)26-21(18)29)5-6-17(19)22(30)27-9-11-28(12-10-27)23(31)24(32)7-8-24/h1-6,13-14,32H,7-12H2,(H,26,29). The lowest BCUT2D eigenvalue weighted by atomic mass is 10.0. The highest BCUT2D eigenvalue weighted by atomic mass is 19.1. The molecular weight excluding hydrogens is 413 g/mol. The number of fused-ring (bicyclic) bond motifs is 1. The molecule has 1 aromatic heterocycles. The van der Waals surface area contributed by atoms with Crippen molar-refractivity contribution in [3.8, 4) is 17.0 Å². The summed E-state index contributed by atoms with van der Waals surface area (Å²) in [6.45, 7) is 1.17. The first-order valence-corrected chi connectivity index (χ1v) is 10.6. The Bertz CT molecular complexity index is 1230. The van der Waals surface area contributed by atoms with Crippen molar-refractivity contribution in [1.29, 1.82) is 0 Å². The molecule has 2 fully saturated rings. The van der Waals surface area contributed by atoms with Crippen molar-refractivity contribution in [2.75, 3.05) is 26.2 Å². The van der Waals surface area contributed by atoms with Crippen molar-refractivity contribution >= 4 is 22.7 Å². The van der Waals surface area contributed by atoms with Crippen LogP contribution < -0.4 is 0 Å². The molecule has 1 aliphatic carbocycles. The zero-order valence-electron chi connectivity index (χ0n) is 17.3. The third kappa shape index (κ3) is 3.56. The molecule has 0 unspecified atom stereocenters. The number of aliphatic hydroxyl groups is 1. The van der Waals surface area contributed by atoms with Crippen LogP contribution in [0.4, 0.5) is 4.39 Å². The quantitative estimate of drug-likeness (QED) is 0.660. The van der Waals surface area contributed by atoms with Gasteiger partial charge in [0.05, 0.1) is 11.1 Å². The number of rotatable bonds is 3. The molecular formula is C24H22FN3O4. The Labute approximate surface area is 183 Å². The van der Waals surface area contributed by atoms with E-state index in [1.165, 1.54) is 17.0 Å². The molecule has 2 aliphatic rings. The molecule has 0 atom stereocenters. The van der Waals surface area contributed by atoms with Crippen molar-refractivity contribution in [2.24, 2.45) is 0 Å². The maximum Gasteiger partial charge on any atom is 0.256 e. The maximum atomic E-state index is 14.9. The van der Waals surface area contributed by atoms with Gasteiger partial charge in [-0.05, 0) is 42.7 Å². The first-order valence-electron chi connectivity index (χ1n) is 10.6. The minimum Gasteiger partial charge on any atom is -0.493 e. The maximum absolute atomic E-state index is 14.9. The number of hydrogen-bond acceptors (Lipinski definition) is 5. The van der Waals surface area contributed by atoms with E-state index in [4.69, 9.17) is 0 Å². The Balaban J connectivity index is 1.33. The lowest BCUT2D eigenvalue weighted by Gasteiger charge is -2.35. The van der Waals surface area contributed by atoms with Gasteiger partial charge in [0.15, 0.2) is 0 Å². The van der Waals surface area contributed by atoms with E-state index in [9.17, 15) is 24.2 Å². The summed E-state index contributed by atoms with van der Waals surface area (Å²) in [7, 11) is 0. The third-order valence-electron chi connectivity index (χ3n) is 6.19. The fourth-order valence-corrected chi connectivity index (χ4v) is 4.08. The van der Waals surface area contributed by atoms with Gasteiger partial charge in [0.1, 0.15) is 11.4 Å². The van der Waals surface area contributed by atoms with Crippen LogP contribution >= 0.6 is 0 Å². The number of benzene rings is 2. The molecule has 0 radical (unpaired) electrons. The number of aromatic nitrogens is 1. The Morgan fingerprint density at radius 2 is 1.66 bits per heavy atom. The Morgan fingerprint density at radius 1 is 0.969 bits per heavy atom. The normalized spacial score (nSPS) is 17.4. The number of para-hydroxylation sites is 1. The van der Waals surface area contributed by atoms with Gasteiger partial charge in [-0.15, -0.1) is 0 Å². The van der Waals surface area contributed by atoms with Gasteiger partial charge in [0.25, 0.3) is 11.8 Å². The van der Waals surface area contributed by atoms with E-state index >= 15 is 0 Å². The molecule has 8 heteroatoms. The van der Waals surface area contributed by atoms with Crippen LogP contribution in [0, 0.1) is 5.82 Å². The van der Waals surface area contributed by atoms with Crippen LogP contribution in [0.3, 0.4) is 0 Å². The van der Waals surface area contributed by atoms with Gasteiger partial charge >= 0.3 is 0 Å². The van der Waals surface area contributed by atoms with E-state index in [1.807, 2.05) is 18.2 Å². The summed E-state index contributed by atoms with van der Waals surface area (Å²) in [6.07, 6.45) is 0.954. The van der Waals surface area contributed by atoms with Gasteiger partial charge in [-0.2, -0.15) is 0 Å². The average Bonchev–Trinajstić information content (AvgIpc) is 3.56. The number of carbonyl (C=O) groups is 2. The summed E-state index contributed by atoms with van der Waals surface area (Å²) in [5.74, 6) is -1.64. The topological polar surface area (TPSA) is 94.0 Å². The lowest BCUT2D eigenvalue weighted by Crippen LogP contribution is -2.53. The van der Waals surface area contributed by atoms with E-state index in [0.717, 1.165) is 5.39 Å². The van der Waals surface area contributed by atoms with Gasteiger partial charge in [-0.1, -0.05) is 24.3 Å². The number of aromatic hydroxyl groups is 1. The highest BCUT2D eigenvalue weighted by Crippen LogP contribution is 2.37. The van der Waals surface area contributed by atoms with E-state index in [-0.39, 0.29) is 30.4 Å². The summed E-state index contributed by atoms with van der Waals surface area (Å²) >= 11 is 0. The largest absolute Gasteiger partial charge is 0.493 e.